The molecule has 0 radical (unpaired) electrons. The van der Waals surface area contributed by atoms with Gasteiger partial charge in [-0.3, -0.25) is 4.57 Å². The van der Waals surface area contributed by atoms with Gasteiger partial charge in [0.15, 0.2) is 0 Å². The Kier molecular flexibility index (Phi) is 6.54. The highest BCUT2D eigenvalue weighted by Crippen LogP contribution is 2.38. The first-order valence-corrected chi connectivity index (χ1v) is 15.3. The normalized spacial score (nSPS) is 12.7. The van der Waals surface area contributed by atoms with Gasteiger partial charge in [-0.05, 0) is 57.8 Å². The second-order valence-electron chi connectivity index (χ2n) is 11.5. The van der Waals surface area contributed by atoms with Crippen LogP contribution in [-0.4, -0.2) is 15.1 Å². The summed E-state index contributed by atoms with van der Waals surface area (Å²) >= 11 is 0. The summed E-state index contributed by atoms with van der Waals surface area (Å²) < 4.78 is 4.31. The first-order valence-electron chi connectivity index (χ1n) is 15.3. The smallest absolute Gasteiger partial charge is 0.205 e. The molecule has 8 rings (SSSR count). The Morgan fingerprint density at radius 1 is 0.622 bits per heavy atom. The van der Waals surface area contributed by atoms with Gasteiger partial charge >= 0.3 is 0 Å². The Hall–Kier alpha value is -5.87. The summed E-state index contributed by atoms with van der Waals surface area (Å²) in [5.41, 5.74) is 15.7. The van der Waals surface area contributed by atoms with E-state index in [9.17, 15) is 0 Å². The number of nitrogens with two attached hydrogens (primary N) is 1. The van der Waals surface area contributed by atoms with Crippen molar-refractivity contribution in [2.75, 3.05) is 0 Å². The number of para-hydroxylation sites is 3. The molecule has 0 spiro atoms. The van der Waals surface area contributed by atoms with Crippen molar-refractivity contribution in [2.45, 2.75) is 12.8 Å². The van der Waals surface area contributed by atoms with Crippen LogP contribution in [0.3, 0.4) is 0 Å². The van der Waals surface area contributed by atoms with Crippen molar-refractivity contribution in [1.82, 2.24) is 9.13 Å². The second-order valence-corrected chi connectivity index (χ2v) is 11.5. The standard InChI is InChI=1S/C41H32N4/c1-28(30-15-11-16-31(27-30)34-22-12-14-29-13-5-6-19-33(29)34)40-37(25-26-44(40)32-17-3-2-4-18-32)43-41(42)45-38-23-9-7-20-35(38)36-21-8-10-24-39(36)45/h2-28H,1H3,(H2,42,43). The largest absolute Gasteiger partial charge is 0.369 e. The number of fused-ring (bicyclic) bond motifs is 4. The van der Waals surface area contributed by atoms with Crippen LogP contribution in [0.4, 0.5) is 5.69 Å². The van der Waals surface area contributed by atoms with Crippen LogP contribution < -0.4 is 5.73 Å². The Bertz CT molecular complexity index is 2300. The summed E-state index contributed by atoms with van der Waals surface area (Å²) in [5, 5.41) is 4.81. The summed E-state index contributed by atoms with van der Waals surface area (Å²) in [6.07, 6.45) is 2.10. The van der Waals surface area contributed by atoms with Crippen LogP contribution in [0.2, 0.25) is 0 Å². The minimum Gasteiger partial charge on any atom is -0.369 e. The molecule has 2 N–H and O–H groups in total. The topological polar surface area (TPSA) is 48.2 Å². The van der Waals surface area contributed by atoms with Gasteiger partial charge in [-0.25, -0.2) is 4.99 Å². The summed E-state index contributed by atoms with van der Waals surface area (Å²) in [6.45, 7) is 2.26. The lowest BCUT2D eigenvalue weighted by Crippen LogP contribution is -2.21. The van der Waals surface area contributed by atoms with Crippen molar-refractivity contribution in [3.63, 3.8) is 0 Å². The molecule has 1 unspecified atom stereocenters. The van der Waals surface area contributed by atoms with Gasteiger partial charge in [0.05, 0.1) is 22.4 Å². The molecular formula is C41H32N4. The zero-order chi connectivity index (χ0) is 30.3. The van der Waals surface area contributed by atoms with Gasteiger partial charge in [-0.2, -0.15) is 0 Å². The SMILES string of the molecule is CC(c1cccc(-c2cccc3ccccc23)c1)c1c(N=C(N)n2c3ccccc3c3ccccc32)ccn1-c1ccccc1. The predicted molar refractivity (Wildman–Crippen MR) is 189 cm³/mol. The monoisotopic (exact) mass is 580 g/mol. The van der Waals surface area contributed by atoms with E-state index in [2.05, 4.69) is 156 Å². The fourth-order valence-corrected chi connectivity index (χ4v) is 6.73. The molecular weight excluding hydrogens is 548 g/mol. The molecule has 4 nitrogen and oxygen atoms in total. The molecule has 8 aromatic rings. The minimum atomic E-state index is 0.0276. The maximum absolute atomic E-state index is 6.92. The molecule has 0 aliphatic rings. The predicted octanol–water partition coefficient (Wildman–Crippen LogP) is 10.1. The Balaban J connectivity index is 1.28. The number of rotatable bonds is 5. The quantitative estimate of drug-likeness (QED) is 0.160. The van der Waals surface area contributed by atoms with E-state index in [0.717, 1.165) is 38.9 Å². The highest BCUT2D eigenvalue weighted by atomic mass is 15.2. The Labute approximate surface area is 262 Å². The van der Waals surface area contributed by atoms with Crippen molar-refractivity contribution >= 4 is 44.2 Å². The summed E-state index contributed by atoms with van der Waals surface area (Å²) in [6, 6.07) is 53.2. The molecule has 2 aromatic heterocycles. The molecule has 4 heteroatoms. The number of aromatic nitrogens is 2. The molecule has 0 aliphatic heterocycles. The lowest BCUT2D eigenvalue weighted by molar-refractivity contribution is 0.827. The van der Waals surface area contributed by atoms with E-state index in [1.165, 1.54) is 27.5 Å². The fraction of sp³-hybridized carbons (Fsp3) is 0.0488. The number of benzene rings is 6. The van der Waals surface area contributed by atoms with E-state index in [4.69, 9.17) is 10.7 Å². The van der Waals surface area contributed by atoms with Crippen LogP contribution in [-0.2, 0) is 0 Å². The van der Waals surface area contributed by atoms with Gasteiger partial charge in [-0.1, -0.05) is 128 Å². The van der Waals surface area contributed by atoms with Gasteiger partial charge in [0.1, 0.15) is 0 Å². The molecule has 0 amide bonds. The number of hydrogen-bond acceptors (Lipinski definition) is 1. The Morgan fingerprint density at radius 2 is 1.24 bits per heavy atom. The van der Waals surface area contributed by atoms with E-state index in [0.29, 0.717) is 5.96 Å². The van der Waals surface area contributed by atoms with Crippen LogP contribution in [0.15, 0.2) is 163 Å². The summed E-state index contributed by atoms with van der Waals surface area (Å²) in [7, 11) is 0. The van der Waals surface area contributed by atoms with Crippen LogP contribution >= 0.6 is 0 Å². The third-order valence-electron chi connectivity index (χ3n) is 8.88. The van der Waals surface area contributed by atoms with Gasteiger partial charge in [0, 0.05) is 28.6 Å². The molecule has 6 aromatic carbocycles. The van der Waals surface area contributed by atoms with E-state index in [1.807, 2.05) is 18.2 Å². The molecule has 0 bridgehead atoms. The third kappa shape index (κ3) is 4.59. The van der Waals surface area contributed by atoms with Gasteiger partial charge in [0.25, 0.3) is 0 Å². The third-order valence-corrected chi connectivity index (χ3v) is 8.88. The van der Waals surface area contributed by atoms with Crippen molar-refractivity contribution in [3.8, 4) is 16.8 Å². The highest BCUT2D eigenvalue weighted by molar-refractivity contribution is 6.13. The van der Waals surface area contributed by atoms with Crippen LogP contribution in [0.5, 0.6) is 0 Å². The number of nitrogens with zero attached hydrogens (tertiary/aromatic N) is 3. The van der Waals surface area contributed by atoms with Crippen molar-refractivity contribution in [2.24, 2.45) is 10.7 Å². The van der Waals surface area contributed by atoms with Gasteiger partial charge < -0.3 is 10.3 Å². The molecule has 45 heavy (non-hydrogen) atoms. The lowest BCUT2D eigenvalue weighted by Gasteiger charge is -2.19. The lowest BCUT2D eigenvalue weighted by atomic mass is 9.91. The van der Waals surface area contributed by atoms with E-state index >= 15 is 0 Å². The second kappa shape index (κ2) is 11.0. The van der Waals surface area contributed by atoms with Crippen molar-refractivity contribution in [3.05, 3.63) is 169 Å². The fourth-order valence-electron chi connectivity index (χ4n) is 6.73. The average Bonchev–Trinajstić information content (AvgIpc) is 3.67. The van der Waals surface area contributed by atoms with Crippen LogP contribution in [0.1, 0.15) is 24.1 Å². The first kappa shape index (κ1) is 26.7. The highest BCUT2D eigenvalue weighted by Gasteiger charge is 2.21. The molecule has 0 fully saturated rings. The first-order chi connectivity index (χ1) is 22.2. The van der Waals surface area contributed by atoms with Gasteiger partial charge in [0.2, 0.25) is 5.96 Å². The zero-order valence-corrected chi connectivity index (χ0v) is 25.0. The van der Waals surface area contributed by atoms with E-state index in [-0.39, 0.29) is 5.92 Å². The van der Waals surface area contributed by atoms with Crippen LogP contribution in [0, 0.1) is 0 Å². The minimum absolute atomic E-state index is 0.0276. The number of aliphatic imine (C=N–C) groups is 1. The molecule has 0 saturated carbocycles. The van der Waals surface area contributed by atoms with E-state index < -0.39 is 0 Å². The molecule has 0 saturated heterocycles. The number of hydrogen-bond donors (Lipinski definition) is 1. The van der Waals surface area contributed by atoms with Crippen LogP contribution in [0.25, 0.3) is 49.4 Å². The maximum atomic E-state index is 6.92. The average molecular weight is 581 g/mol. The summed E-state index contributed by atoms with van der Waals surface area (Å²) in [4.78, 5) is 5.15. The maximum Gasteiger partial charge on any atom is 0.205 e. The molecule has 2 heterocycles. The van der Waals surface area contributed by atoms with Crippen molar-refractivity contribution in [1.29, 1.82) is 0 Å². The van der Waals surface area contributed by atoms with E-state index in [1.54, 1.807) is 0 Å². The molecule has 1 atom stereocenters. The van der Waals surface area contributed by atoms with Gasteiger partial charge in [-0.15, -0.1) is 0 Å². The van der Waals surface area contributed by atoms with Crippen molar-refractivity contribution < 1.29 is 0 Å². The zero-order valence-electron chi connectivity index (χ0n) is 25.0. The summed E-state index contributed by atoms with van der Waals surface area (Å²) in [5.74, 6) is 0.469. The Morgan fingerprint density at radius 3 is 2.00 bits per heavy atom. The molecule has 216 valence electrons. The molecule has 0 aliphatic carbocycles.